The summed E-state index contributed by atoms with van der Waals surface area (Å²) in [5.74, 6) is 0.581. The number of rotatable bonds is 6. The summed E-state index contributed by atoms with van der Waals surface area (Å²) in [4.78, 5) is 21.2. The van der Waals surface area contributed by atoms with Gasteiger partial charge in [0.15, 0.2) is 0 Å². The van der Waals surface area contributed by atoms with Crippen molar-refractivity contribution in [3.8, 4) is 0 Å². The Bertz CT molecular complexity index is 370. The molecule has 0 amide bonds. The molecule has 94 valence electrons. The molecule has 0 bridgehead atoms. The normalized spacial score (nSPS) is 10.0. The molecule has 2 N–H and O–H groups in total. The summed E-state index contributed by atoms with van der Waals surface area (Å²) in [5.41, 5.74) is 5.52. The number of hydrogen-bond acceptors (Lipinski definition) is 6. The Hall–Kier alpha value is -1.85. The maximum absolute atomic E-state index is 11.4. The van der Waals surface area contributed by atoms with Crippen LogP contribution in [0.15, 0.2) is 12.3 Å². The molecule has 0 saturated heterocycles. The predicted molar refractivity (Wildman–Crippen MR) is 65.6 cm³/mol. The van der Waals surface area contributed by atoms with E-state index in [1.165, 1.54) is 0 Å². The number of carbonyl (C=O) groups excluding carboxylic acids is 1. The van der Waals surface area contributed by atoms with Gasteiger partial charge in [-0.25, -0.2) is 4.98 Å². The molecule has 1 heterocycles. The lowest BCUT2D eigenvalue weighted by atomic mass is 10.4. The van der Waals surface area contributed by atoms with Crippen LogP contribution in [0.3, 0.4) is 0 Å². The van der Waals surface area contributed by atoms with Gasteiger partial charge in [-0.2, -0.15) is 4.98 Å². The van der Waals surface area contributed by atoms with Gasteiger partial charge in [0.2, 0.25) is 5.95 Å². The lowest BCUT2D eigenvalue weighted by molar-refractivity contribution is -0.141. The number of nitrogens with two attached hydrogens (primary N) is 1. The highest BCUT2D eigenvalue weighted by molar-refractivity contribution is 5.75. The third-order valence-electron chi connectivity index (χ3n) is 2.10. The molecule has 0 spiro atoms. The SMILES string of the molecule is CCCN(CC(=O)OCC)c1ccnc(N)n1. The summed E-state index contributed by atoms with van der Waals surface area (Å²) in [7, 11) is 0. The highest BCUT2D eigenvalue weighted by Gasteiger charge is 2.13. The molecule has 0 saturated carbocycles. The van der Waals surface area contributed by atoms with Gasteiger partial charge in [0.25, 0.3) is 0 Å². The Kier molecular flexibility index (Phi) is 5.19. The van der Waals surface area contributed by atoms with E-state index in [9.17, 15) is 4.79 Å². The zero-order chi connectivity index (χ0) is 12.7. The van der Waals surface area contributed by atoms with Gasteiger partial charge in [0, 0.05) is 12.7 Å². The quantitative estimate of drug-likeness (QED) is 0.739. The van der Waals surface area contributed by atoms with E-state index in [1.807, 2.05) is 11.8 Å². The summed E-state index contributed by atoms with van der Waals surface area (Å²) in [5, 5.41) is 0. The van der Waals surface area contributed by atoms with Crippen molar-refractivity contribution in [2.45, 2.75) is 20.3 Å². The third-order valence-corrected chi connectivity index (χ3v) is 2.10. The first-order valence-electron chi connectivity index (χ1n) is 5.66. The number of hydrogen-bond donors (Lipinski definition) is 1. The summed E-state index contributed by atoms with van der Waals surface area (Å²) < 4.78 is 4.92. The van der Waals surface area contributed by atoms with Crippen molar-refractivity contribution in [1.29, 1.82) is 0 Å². The van der Waals surface area contributed by atoms with Gasteiger partial charge in [-0.05, 0) is 19.4 Å². The van der Waals surface area contributed by atoms with Crippen LogP contribution in [0.5, 0.6) is 0 Å². The van der Waals surface area contributed by atoms with Gasteiger partial charge in [0.1, 0.15) is 12.4 Å². The first-order chi connectivity index (χ1) is 8.17. The number of ether oxygens (including phenoxy) is 1. The first kappa shape index (κ1) is 13.2. The monoisotopic (exact) mass is 238 g/mol. The summed E-state index contributed by atoms with van der Waals surface area (Å²) in [6.07, 6.45) is 2.48. The average molecular weight is 238 g/mol. The standard InChI is InChI=1S/C11H18N4O2/c1-3-7-15(8-10(16)17-4-2)9-5-6-13-11(12)14-9/h5-6H,3-4,7-8H2,1-2H3,(H2,12,13,14). The number of carbonyl (C=O) groups is 1. The van der Waals surface area contributed by atoms with Crippen LogP contribution < -0.4 is 10.6 Å². The Morgan fingerprint density at radius 3 is 2.88 bits per heavy atom. The van der Waals surface area contributed by atoms with Crippen LogP contribution in [0, 0.1) is 0 Å². The molecule has 0 atom stereocenters. The molecular weight excluding hydrogens is 220 g/mol. The molecule has 0 aliphatic rings. The molecule has 6 heteroatoms. The van der Waals surface area contributed by atoms with Crippen LogP contribution in [0.2, 0.25) is 0 Å². The maximum Gasteiger partial charge on any atom is 0.325 e. The van der Waals surface area contributed by atoms with Crippen LogP contribution in [0.1, 0.15) is 20.3 Å². The fourth-order valence-corrected chi connectivity index (χ4v) is 1.45. The molecule has 6 nitrogen and oxygen atoms in total. The van der Waals surface area contributed by atoms with Crippen molar-refractivity contribution in [3.63, 3.8) is 0 Å². The van der Waals surface area contributed by atoms with E-state index in [1.54, 1.807) is 19.2 Å². The Morgan fingerprint density at radius 2 is 2.29 bits per heavy atom. The second-order valence-electron chi connectivity index (χ2n) is 3.50. The number of nitrogens with zero attached hydrogens (tertiary/aromatic N) is 3. The Labute approximate surface area is 101 Å². The van der Waals surface area contributed by atoms with Crippen LogP contribution in [0.4, 0.5) is 11.8 Å². The fourth-order valence-electron chi connectivity index (χ4n) is 1.45. The second-order valence-corrected chi connectivity index (χ2v) is 3.50. The van der Waals surface area contributed by atoms with E-state index in [0.717, 1.165) is 13.0 Å². The van der Waals surface area contributed by atoms with Crippen molar-refractivity contribution in [2.24, 2.45) is 0 Å². The molecular formula is C11H18N4O2. The van der Waals surface area contributed by atoms with Crippen molar-refractivity contribution >= 4 is 17.7 Å². The van der Waals surface area contributed by atoms with Crippen LogP contribution in [-0.2, 0) is 9.53 Å². The average Bonchev–Trinajstić information content (AvgIpc) is 2.29. The molecule has 0 aliphatic heterocycles. The fraction of sp³-hybridized carbons (Fsp3) is 0.545. The predicted octanol–water partition coefficient (Wildman–Crippen LogP) is 0.838. The van der Waals surface area contributed by atoms with Crippen molar-refractivity contribution < 1.29 is 9.53 Å². The Morgan fingerprint density at radius 1 is 1.53 bits per heavy atom. The van der Waals surface area contributed by atoms with Gasteiger partial charge < -0.3 is 15.4 Å². The molecule has 0 aliphatic carbocycles. The van der Waals surface area contributed by atoms with Crippen molar-refractivity contribution in [3.05, 3.63) is 12.3 Å². The molecule has 1 aromatic rings. The molecule has 0 unspecified atom stereocenters. The summed E-state index contributed by atoms with van der Waals surface area (Å²) in [6.45, 7) is 5.09. The zero-order valence-corrected chi connectivity index (χ0v) is 10.2. The maximum atomic E-state index is 11.4. The largest absolute Gasteiger partial charge is 0.465 e. The number of nitrogen functional groups attached to an aromatic ring is 1. The zero-order valence-electron chi connectivity index (χ0n) is 10.2. The number of esters is 1. The van der Waals surface area contributed by atoms with E-state index in [4.69, 9.17) is 10.5 Å². The number of aromatic nitrogens is 2. The third kappa shape index (κ3) is 4.26. The second kappa shape index (κ2) is 6.67. The minimum atomic E-state index is -0.266. The minimum Gasteiger partial charge on any atom is -0.465 e. The van der Waals surface area contributed by atoms with Crippen LogP contribution in [-0.4, -0.2) is 35.6 Å². The van der Waals surface area contributed by atoms with Gasteiger partial charge in [-0.1, -0.05) is 6.92 Å². The van der Waals surface area contributed by atoms with Gasteiger partial charge in [0.05, 0.1) is 6.61 Å². The lowest BCUT2D eigenvalue weighted by Crippen LogP contribution is -2.32. The van der Waals surface area contributed by atoms with Crippen LogP contribution in [0.25, 0.3) is 0 Å². The highest BCUT2D eigenvalue weighted by atomic mass is 16.5. The topological polar surface area (TPSA) is 81.3 Å². The van der Waals surface area contributed by atoms with E-state index in [2.05, 4.69) is 9.97 Å². The molecule has 1 rings (SSSR count). The van der Waals surface area contributed by atoms with Crippen LogP contribution >= 0.6 is 0 Å². The molecule has 0 aromatic carbocycles. The number of anilines is 2. The highest BCUT2D eigenvalue weighted by Crippen LogP contribution is 2.11. The van der Waals surface area contributed by atoms with E-state index in [-0.39, 0.29) is 18.5 Å². The molecule has 0 fully saturated rings. The van der Waals surface area contributed by atoms with Crippen molar-refractivity contribution in [2.75, 3.05) is 30.3 Å². The smallest absolute Gasteiger partial charge is 0.325 e. The first-order valence-corrected chi connectivity index (χ1v) is 5.66. The lowest BCUT2D eigenvalue weighted by Gasteiger charge is -2.21. The van der Waals surface area contributed by atoms with E-state index < -0.39 is 0 Å². The van der Waals surface area contributed by atoms with Gasteiger partial charge >= 0.3 is 5.97 Å². The van der Waals surface area contributed by atoms with E-state index >= 15 is 0 Å². The van der Waals surface area contributed by atoms with Crippen molar-refractivity contribution in [1.82, 2.24) is 9.97 Å². The molecule has 0 radical (unpaired) electrons. The summed E-state index contributed by atoms with van der Waals surface area (Å²) >= 11 is 0. The summed E-state index contributed by atoms with van der Waals surface area (Å²) in [6, 6.07) is 1.73. The van der Waals surface area contributed by atoms with E-state index in [0.29, 0.717) is 12.4 Å². The van der Waals surface area contributed by atoms with Gasteiger partial charge in [-0.15, -0.1) is 0 Å². The van der Waals surface area contributed by atoms with Gasteiger partial charge in [-0.3, -0.25) is 4.79 Å². The molecule has 17 heavy (non-hydrogen) atoms. The Balaban J connectivity index is 2.74. The minimum absolute atomic E-state index is 0.179. The molecule has 1 aromatic heterocycles.